The SMILES string of the molecule is COc1ccc(NS(=O)(=O)c2ccc(NN=C(C)c3ccccc3F)c([N+](=O)[O-])c2)cc1. The van der Waals surface area contributed by atoms with Gasteiger partial charge in [0.1, 0.15) is 17.3 Å². The summed E-state index contributed by atoms with van der Waals surface area (Å²) in [6.45, 7) is 1.54. The molecule has 166 valence electrons. The van der Waals surface area contributed by atoms with Gasteiger partial charge in [-0.2, -0.15) is 5.10 Å². The molecule has 0 amide bonds. The van der Waals surface area contributed by atoms with Gasteiger partial charge < -0.3 is 4.74 Å². The largest absolute Gasteiger partial charge is 0.497 e. The van der Waals surface area contributed by atoms with Crippen LogP contribution in [0.3, 0.4) is 0 Å². The van der Waals surface area contributed by atoms with E-state index in [-0.39, 0.29) is 27.5 Å². The summed E-state index contributed by atoms with van der Waals surface area (Å²) >= 11 is 0. The number of benzene rings is 3. The summed E-state index contributed by atoms with van der Waals surface area (Å²) in [6.07, 6.45) is 0. The first-order valence-electron chi connectivity index (χ1n) is 9.22. The lowest BCUT2D eigenvalue weighted by atomic mass is 10.1. The number of sulfonamides is 1. The number of anilines is 2. The number of nitro groups is 1. The van der Waals surface area contributed by atoms with Gasteiger partial charge in [0.05, 0.1) is 22.6 Å². The van der Waals surface area contributed by atoms with E-state index in [2.05, 4.69) is 15.2 Å². The summed E-state index contributed by atoms with van der Waals surface area (Å²) < 4.78 is 46.6. The van der Waals surface area contributed by atoms with Crippen molar-refractivity contribution in [3.05, 3.63) is 88.2 Å². The molecule has 0 aliphatic rings. The van der Waals surface area contributed by atoms with Gasteiger partial charge in [-0.15, -0.1) is 0 Å². The average molecular weight is 458 g/mol. The highest BCUT2D eigenvalue weighted by Crippen LogP contribution is 2.29. The molecule has 9 nitrogen and oxygen atoms in total. The van der Waals surface area contributed by atoms with Crippen LogP contribution in [0.15, 0.2) is 76.7 Å². The fourth-order valence-corrected chi connectivity index (χ4v) is 3.83. The summed E-state index contributed by atoms with van der Waals surface area (Å²) in [5.41, 5.74) is 2.71. The highest BCUT2D eigenvalue weighted by molar-refractivity contribution is 7.92. The van der Waals surface area contributed by atoms with Crippen LogP contribution in [0.1, 0.15) is 12.5 Å². The summed E-state index contributed by atoms with van der Waals surface area (Å²) in [5, 5.41) is 15.5. The molecule has 0 saturated carbocycles. The third-order valence-electron chi connectivity index (χ3n) is 4.43. The van der Waals surface area contributed by atoms with Crippen LogP contribution >= 0.6 is 0 Å². The van der Waals surface area contributed by atoms with Gasteiger partial charge in [0.15, 0.2) is 0 Å². The molecule has 0 aliphatic carbocycles. The molecule has 0 aromatic heterocycles. The summed E-state index contributed by atoms with van der Waals surface area (Å²) in [7, 11) is -2.61. The van der Waals surface area contributed by atoms with Crippen LogP contribution in [0, 0.1) is 15.9 Å². The van der Waals surface area contributed by atoms with E-state index in [1.54, 1.807) is 18.2 Å². The van der Waals surface area contributed by atoms with Crippen molar-refractivity contribution >= 4 is 32.8 Å². The zero-order valence-electron chi connectivity index (χ0n) is 17.1. The van der Waals surface area contributed by atoms with E-state index in [4.69, 9.17) is 4.74 Å². The first-order chi connectivity index (χ1) is 15.2. The summed E-state index contributed by atoms with van der Waals surface area (Å²) in [4.78, 5) is 10.5. The third kappa shape index (κ3) is 5.19. The normalized spacial score (nSPS) is 11.7. The van der Waals surface area contributed by atoms with Crippen molar-refractivity contribution in [1.29, 1.82) is 0 Å². The number of halogens is 1. The Bertz CT molecular complexity index is 1280. The number of methoxy groups -OCH3 is 1. The van der Waals surface area contributed by atoms with Crippen molar-refractivity contribution in [2.45, 2.75) is 11.8 Å². The van der Waals surface area contributed by atoms with Gasteiger partial charge in [0, 0.05) is 17.3 Å². The van der Waals surface area contributed by atoms with Gasteiger partial charge in [0.2, 0.25) is 0 Å². The van der Waals surface area contributed by atoms with Crippen molar-refractivity contribution in [2.75, 3.05) is 17.3 Å². The highest BCUT2D eigenvalue weighted by atomic mass is 32.2. The molecule has 0 fully saturated rings. The lowest BCUT2D eigenvalue weighted by Crippen LogP contribution is -2.13. The maximum atomic E-state index is 13.9. The number of nitrogens with one attached hydrogen (secondary N) is 2. The molecule has 32 heavy (non-hydrogen) atoms. The van der Waals surface area contributed by atoms with Crippen molar-refractivity contribution in [3.63, 3.8) is 0 Å². The fourth-order valence-electron chi connectivity index (χ4n) is 2.76. The van der Waals surface area contributed by atoms with Crippen LogP contribution in [-0.2, 0) is 10.0 Å². The summed E-state index contributed by atoms with van der Waals surface area (Å²) in [6, 6.07) is 15.4. The van der Waals surface area contributed by atoms with Crippen molar-refractivity contribution in [1.82, 2.24) is 0 Å². The van der Waals surface area contributed by atoms with Gasteiger partial charge in [-0.3, -0.25) is 20.3 Å². The van der Waals surface area contributed by atoms with Gasteiger partial charge in [-0.05, 0) is 49.4 Å². The standard InChI is InChI=1S/C21H19FN4O5S/c1-14(18-5-3-4-6-19(18)22)23-24-20-12-11-17(13-21(20)26(27)28)32(29,30)25-15-7-9-16(31-2)10-8-15/h3-13,24-25H,1-2H3. The van der Waals surface area contributed by atoms with Crippen LogP contribution in [0.4, 0.5) is 21.5 Å². The van der Waals surface area contributed by atoms with Crippen molar-refractivity contribution in [3.8, 4) is 5.75 Å². The van der Waals surface area contributed by atoms with Crippen LogP contribution in [0.5, 0.6) is 5.75 Å². The Hall–Kier alpha value is -3.99. The molecule has 0 saturated heterocycles. The van der Waals surface area contributed by atoms with E-state index < -0.39 is 26.5 Å². The van der Waals surface area contributed by atoms with E-state index in [9.17, 15) is 22.9 Å². The molecule has 2 N–H and O–H groups in total. The lowest BCUT2D eigenvalue weighted by Gasteiger charge is -2.10. The summed E-state index contributed by atoms with van der Waals surface area (Å²) in [5.74, 6) is 0.0568. The molecule has 0 spiro atoms. The van der Waals surface area contributed by atoms with Crippen LogP contribution in [0.25, 0.3) is 0 Å². The van der Waals surface area contributed by atoms with Crippen molar-refractivity contribution in [2.24, 2.45) is 5.10 Å². The van der Waals surface area contributed by atoms with E-state index in [0.717, 1.165) is 6.07 Å². The Balaban J connectivity index is 1.87. The third-order valence-corrected chi connectivity index (χ3v) is 5.81. The Morgan fingerprint density at radius 3 is 2.41 bits per heavy atom. The van der Waals surface area contributed by atoms with Gasteiger partial charge in [-0.25, -0.2) is 12.8 Å². The number of ether oxygens (including phenoxy) is 1. The van der Waals surface area contributed by atoms with E-state index in [1.165, 1.54) is 56.5 Å². The zero-order chi connectivity index (χ0) is 23.3. The minimum Gasteiger partial charge on any atom is -0.497 e. The molecule has 11 heteroatoms. The minimum absolute atomic E-state index is 0.0471. The van der Waals surface area contributed by atoms with Crippen LogP contribution < -0.4 is 14.9 Å². The quantitative estimate of drug-likeness (QED) is 0.293. The molecule has 3 rings (SSSR count). The molecule has 0 bridgehead atoms. The fraction of sp³-hybridized carbons (Fsp3) is 0.0952. The maximum Gasteiger partial charge on any atom is 0.295 e. The molecular weight excluding hydrogens is 439 g/mol. The zero-order valence-corrected chi connectivity index (χ0v) is 17.9. The van der Waals surface area contributed by atoms with E-state index in [1.807, 2.05) is 0 Å². The van der Waals surface area contributed by atoms with Crippen LogP contribution in [-0.4, -0.2) is 26.2 Å². The number of hydrogen-bond donors (Lipinski definition) is 2. The molecule has 3 aromatic rings. The molecule has 0 heterocycles. The first kappa shape index (κ1) is 22.7. The lowest BCUT2D eigenvalue weighted by molar-refractivity contribution is -0.384. The predicted octanol–water partition coefficient (Wildman–Crippen LogP) is 4.38. The van der Waals surface area contributed by atoms with Gasteiger partial charge >= 0.3 is 0 Å². The van der Waals surface area contributed by atoms with Gasteiger partial charge in [-0.1, -0.05) is 18.2 Å². The van der Waals surface area contributed by atoms with E-state index >= 15 is 0 Å². The average Bonchev–Trinajstić information content (AvgIpc) is 2.77. The topological polar surface area (TPSA) is 123 Å². The van der Waals surface area contributed by atoms with Crippen molar-refractivity contribution < 1.29 is 22.5 Å². The van der Waals surface area contributed by atoms with Gasteiger partial charge in [0.25, 0.3) is 15.7 Å². The second kappa shape index (κ2) is 9.43. The molecular formula is C21H19FN4O5S. The Morgan fingerprint density at radius 2 is 1.78 bits per heavy atom. The Morgan fingerprint density at radius 1 is 1.09 bits per heavy atom. The second-order valence-corrected chi connectivity index (χ2v) is 8.24. The first-order valence-corrected chi connectivity index (χ1v) is 10.7. The molecule has 3 aromatic carbocycles. The minimum atomic E-state index is -4.09. The smallest absolute Gasteiger partial charge is 0.295 e. The molecule has 0 atom stereocenters. The maximum absolute atomic E-state index is 13.9. The number of hydrogen-bond acceptors (Lipinski definition) is 7. The number of nitrogens with zero attached hydrogens (tertiary/aromatic N) is 2. The predicted molar refractivity (Wildman–Crippen MR) is 119 cm³/mol. The Kier molecular flexibility index (Phi) is 6.69. The monoisotopic (exact) mass is 458 g/mol. The Labute approximate surface area is 183 Å². The number of rotatable bonds is 8. The number of nitro benzene ring substituents is 1. The van der Waals surface area contributed by atoms with E-state index in [0.29, 0.717) is 5.75 Å². The second-order valence-electron chi connectivity index (χ2n) is 6.56. The van der Waals surface area contributed by atoms with Crippen LogP contribution in [0.2, 0.25) is 0 Å². The molecule has 0 unspecified atom stereocenters. The highest BCUT2D eigenvalue weighted by Gasteiger charge is 2.22. The molecule has 0 radical (unpaired) electrons. The molecule has 0 aliphatic heterocycles. The number of hydrazone groups is 1.